The van der Waals surface area contributed by atoms with Gasteiger partial charge in [-0.2, -0.15) is 5.10 Å². The quantitative estimate of drug-likeness (QED) is 0.832. The first-order chi connectivity index (χ1) is 11.6. The first-order valence-electron chi connectivity index (χ1n) is 9.63. The van der Waals surface area contributed by atoms with Crippen molar-refractivity contribution in [3.8, 4) is 0 Å². The van der Waals surface area contributed by atoms with E-state index in [9.17, 15) is 9.59 Å². The maximum absolute atomic E-state index is 12.9. The van der Waals surface area contributed by atoms with E-state index in [1.54, 1.807) is 4.57 Å². The third-order valence-corrected chi connectivity index (χ3v) is 6.20. The van der Waals surface area contributed by atoms with Gasteiger partial charge < -0.3 is 4.90 Å². The Bertz CT molecular complexity index is 677. The van der Waals surface area contributed by atoms with E-state index in [-0.39, 0.29) is 18.1 Å². The second kappa shape index (κ2) is 6.37. The maximum atomic E-state index is 12.9. The summed E-state index contributed by atoms with van der Waals surface area (Å²) < 4.78 is 3.18. The molecule has 1 saturated heterocycles. The molecule has 3 atom stereocenters. The summed E-state index contributed by atoms with van der Waals surface area (Å²) in [6.07, 6.45) is 10.1. The summed E-state index contributed by atoms with van der Waals surface area (Å²) in [5.41, 5.74) is -0.104. The van der Waals surface area contributed by atoms with Crippen molar-refractivity contribution >= 4 is 5.91 Å². The van der Waals surface area contributed by atoms with Crippen molar-refractivity contribution < 1.29 is 4.79 Å². The van der Waals surface area contributed by atoms with Gasteiger partial charge in [-0.25, -0.2) is 9.48 Å². The monoisotopic (exact) mass is 332 g/mol. The smallest absolute Gasteiger partial charge is 0.335 e. The molecular formula is C18H28N4O2. The molecule has 0 radical (unpaired) electrons. The van der Waals surface area contributed by atoms with E-state index < -0.39 is 0 Å². The fourth-order valence-electron chi connectivity index (χ4n) is 5.08. The van der Waals surface area contributed by atoms with Crippen LogP contribution in [0, 0.1) is 5.92 Å². The molecule has 132 valence electrons. The fraction of sp³-hybridized carbons (Fsp3) is 0.833. The minimum Gasteiger partial charge on any atom is -0.335 e. The molecule has 3 aliphatic rings. The summed E-state index contributed by atoms with van der Waals surface area (Å²) in [5, 5.41) is 4.47. The van der Waals surface area contributed by atoms with Gasteiger partial charge in [0.15, 0.2) is 0 Å². The number of rotatable bonds is 2. The summed E-state index contributed by atoms with van der Waals surface area (Å²) in [7, 11) is 0. The number of fused-ring (bicyclic) bond motifs is 2. The average molecular weight is 332 g/mol. The van der Waals surface area contributed by atoms with Gasteiger partial charge in [-0.1, -0.05) is 19.3 Å². The van der Waals surface area contributed by atoms with Crippen molar-refractivity contribution in [2.45, 2.75) is 89.9 Å². The van der Waals surface area contributed by atoms with E-state index in [0.29, 0.717) is 18.0 Å². The molecule has 1 saturated carbocycles. The molecule has 1 aromatic rings. The molecular weight excluding hydrogens is 304 g/mol. The second-order valence-corrected chi connectivity index (χ2v) is 7.82. The van der Waals surface area contributed by atoms with Gasteiger partial charge in [0.25, 0.3) is 0 Å². The van der Waals surface area contributed by atoms with Crippen LogP contribution in [0.5, 0.6) is 0 Å². The molecule has 24 heavy (non-hydrogen) atoms. The second-order valence-electron chi connectivity index (χ2n) is 7.82. The Morgan fingerprint density at radius 2 is 2.00 bits per heavy atom. The first kappa shape index (κ1) is 15.9. The van der Waals surface area contributed by atoms with E-state index in [1.165, 1.54) is 23.9 Å². The lowest BCUT2D eigenvalue weighted by atomic mass is 9.85. The number of amides is 1. The van der Waals surface area contributed by atoms with Crippen LogP contribution in [0.1, 0.15) is 64.1 Å². The normalized spacial score (nSPS) is 29.9. The van der Waals surface area contributed by atoms with Crippen LogP contribution in [0.25, 0.3) is 0 Å². The van der Waals surface area contributed by atoms with Crippen molar-refractivity contribution in [1.29, 1.82) is 0 Å². The standard InChI is InChI=1S/C18H28N4O2/c1-13-11-14-7-4-5-8-15(14)22(13)17(23)12-21-18(24)20-10-6-2-3-9-16(20)19-21/h13-15H,2-12H2,1H3/t13-,14-,15-/m1/s1. The van der Waals surface area contributed by atoms with E-state index in [1.807, 2.05) is 0 Å². The largest absolute Gasteiger partial charge is 0.346 e. The SMILES string of the molecule is C[C@@H]1C[C@H]2CCCC[C@H]2N1C(=O)Cn1nc2n(c1=O)CCCCC2. The Morgan fingerprint density at radius 1 is 1.17 bits per heavy atom. The van der Waals surface area contributed by atoms with Crippen LogP contribution in [0.2, 0.25) is 0 Å². The molecule has 1 aromatic heterocycles. The number of hydrogen-bond acceptors (Lipinski definition) is 3. The minimum absolute atomic E-state index is 0.0762. The summed E-state index contributed by atoms with van der Waals surface area (Å²) in [6.45, 7) is 3.00. The molecule has 0 unspecified atom stereocenters. The van der Waals surface area contributed by atoms with Crippen molar-refractivity contribution in [2.24, 2.45) is 5.92 Å². The van der Waals surface area contributed by atoms with Crippen LogP contribution in [-0.4, -0.2) is 37.2 Å². The van der Waals surface area contributed by atoms with Crippen LogP contribution in [0.15, 0.2) is 4.79 Å². The molecule has 0 N–H and O–H groups in total. The fourth-order valence-corrected chi connectivity index (χ4v) is 5.08. The Morgan fingerprint density at radius 3 is 2.88 bits per heavy atom. The molecule has 3 heterocycles. The van der Waals surface area contributed by atoms with E-state index in [4.69, 9.17) is 0 Å². The molecule has 0 bridgehead atoms. The zero-order valence-electron chi connectivity index (χ0n) is 14.6. The predicted molar refractivity (Wildman–Crippen MR) is 90.7 cm³/mol. The van der Waals surface area contributed by atoms with E-state index >= 15 is 0 Å². The number of nitrogens with zero attached hydrogens (tertiary/aromatic N) is 4. The molecule has 2 aliphatic heterocycles. The van der Waals surface area contributed by atoms with Gasteiger partial charge >= 0.3 is 5.69 Å². The molecule has 6 nitrogen and oxygen atoms in total. The zero-order chi connectivity index (χ0) is 16.7. The van der Waals surface area contributed by atoms with Crippen molar-refractivity contribution in [3.63, 3.8) is 0 Å². The van der Waals surface area contributed by atoms with Gasteiger partial charge in [0.1, 0.15) is 12.4 Å². The van der Waals surface area contributed by atoms with E-state index in [2.05, 4.69) is 16.9 Å². The lowest BCUT2D eigenvalue weighted by Gasteiger charge is -2.33. The van der Waals surface area contributed by atoms with Crippen LogP contribution in [-0.2, 0) is 24.3 Å². The zero-order valence-corrected chi connectivity index (χ0v) is 14.6. The molecule has 6 heteroatoms. The maximum Gasteiger partial charge on any atom is 0.346 e. The Kier molecular flexibility index (Phi) is 4.22. The van der Waals surface area contributed by atoms with Gasteiger partial charge in [-0.15, -0.1) is 0 Å². The Labute approximate surface area is 142 Å². The van der Waals surface area contributed by atoms with Crippen LogP contribution in [0.4, 0.5) is 0 Å². The number of carbonyl (C=O) groups excluding carboxylic acids is 1. The molecule has 0 spiro atoms. The molecule has 2 fully saturated rings. The van der Waals surface area contributed by atoms with Crippen LogP contribution in [0.3, 0.4) is 0 Å². The highest BCUT2D eigenvalue weighted by Gasteiger charge is 2.42. The lowest BCUT2D eigenvalue weighted by Crippen LogP contribution is -2.45. The molecule has 1 aliphatic carbocycles. The number of aromatic nitrogens is 3. The summed E-state index contributed by atoms with van der Waals surface area (Å²) in [5.74, 6) is 1.59. The van der Waals surface area contributed by atoms with Crippen molar-refractivity contribution in [3.05, 3.63) is 16.3 Å². The van der Waals surface area contributed by atoms with Crippen LogP contribution < -0.4 is 5.69 Å². The average Bonchev–Trinajstić information content (AvgIpc) is 2.93. The van der Waals surface area contributed by atoms with Crippen molar-refractivity contribution in [2.75, 3.05) is 0 Å². The highest BCUT2D eigenvalue weighted by atomic mass is 16.2. The highest BCUT2D eigenvalue weighted by Crippen LogP contribution is 2.39. The van der Waals surface area contributed by atoms with Gasteiger partial charge in [0.05, 0.1) is 0 Å². The van der Waals surface area contributed by atoms with Gasteiger partial charge in [0.2, 0.25) is 5.91 Å². The van der Waals surface area contributed by atoms with Gasteiger partial charge in [-0.05, 0) is 44.9 Å². The summed E-state index contributed by atoms with van der Waals surface area (Å²) in [6, 6.07) is 0.680. The topological polar surface area (TPSA) is 60.1 Å². The minimum atomic E-state index is -0.104. The highest BCUT2D eigenvalue weighted by molar-refractivity contribution is 5.77. The van der Waals surface area contributed by atoms with Crippen molar-refractivity contribution in [1.82, 2.24) is 19.2 Å². The number of aryl methyl sites for hydroxylation is 1. The molecule has 4 rings (SSSR count). The predicted octanol–water partition coefficient (Wildman–Crippen LogP) is 1.95. The summed E-state index contributed by atoms with van der Waals surface area (Å²) >= 11 is 0. The van der Waals surface area contributed by atoms with Gasteiger partial charge in [0, 0.05) is 25.0 Å². The number of carbonyl (C=O) groups is 1. The Hall–Kier alpha value is -1.59. The molecule has 1 amide bonds. The summed E-state index contributed by atoms with van der Waals surface area (Å²) in [4.78, 5) is 27.6. The third kappa shape index (κ3) is 2.70. The molecule has 0 aromatic carbocycles. The number of hydrogen-bond donors (Lipinski definition) is 0. The number of likely N-dealkylation sites (tertiary alicyclic amines) is 1. The van der Waals surface area contributed by atoms with Crippen LogP contribution >= 0.6 is 0 Å². The Balaban J connectivity index is 1.53. The first-order valence-corrected chi connectivity index (χ1v) is 9.63. The third-order valence-electron chi connectivity index (χ3n) is 6.20. The lowest BCUT2D eigenvalue weighted by molar-refractivity contribution is -0.135. The van der Waals surface area contributed by atoms with Gasteiger partial charge in [-0.3, -0.25) is 9.36 Å². The van der Waals surface area contributed by atoms with E-state index in [0.717, 1.165) is 50.9 Å².